The summed E-state index contributed by atoms with van der Waals surface area (Å²) in [6.45, 7) is 2.06. The standard InChI is InChI=1S/C14H19N3S/c1-17-8-4-6-12(17)10-18-14-15-9-11-5-2-3-7-13(11)16-14/h2-3,5,7,12H,4,6,8-10H2,1H3,(H,15,16). The van der Waals surface area contributed by atoms with Crippen LogP contribution in [0.25, 0.3) is 0 Å². The van der Waals surface area contributed by atoms with Crippen LogP contribution >= 0.6 is 11.8 Å². The molecular weight excluding hydrogens is 242 g/mol. The Balaban J connectivity index is 1.57. The fourth-order valence-corrected chi connectivity index (χ4v) is 3.65. The number of aliphatic imine (C=N–C) groups is 1. The number of anilines is 1. The predicted molar refractivity (Wildman–Crippen MR) is 79.3 cm³/mol. The Kier molecular flexibility index (Phi) is 3.57. The van der Waals surface area contributed by atoms with Crippen molar-refractivity contribution in [3.05, 3.63) is 29.8 Å². The predicted octanol–water partition coefficient (Wildman–Crippen LogP) is 2.80. The molecule has 2 aliphatic rings. The molecule has 1 fully saturated rings. The molecule has 1 unspecified atom stereocenters. The summed E-state index contributed by atoms with van der Waals surface area (Å²) in [7, 11) is 2.23. The fraction of sp³-hybridized carbons (Fsp3) is 0.500. The normalized spacial score (nSPS) is 23.4. The maximum absolute atomic E-state index is 4.61. The van der Waals surface area contributed by atoms with Crippen LogP contribution in [0, 0.1) is 0 Å². The van der Waals surface area contributed by atoms with E-state index in [0.717, 1.165) is 23.5 Å². The third kappa shape index (κ3) is 2.54. The first-order valence-electron chi connectivity index (χ1n) is 6.55. The lowest BCUT2D eigenvalue weighted by Crippen LogP contribution is -2.28. The van der Waals surface area contributed by atoms with Crippen LogP contribution in [0.3, 0.4) is 0 Å². The molecule has 2 heterocycles. The number of nitrogens with zero attached hydrogens (tertiary/aromatic N) is 2. The maximum atomic E-state index is 4.61. The van der Waals surface area contributed by atoms with Gasteiger partial charge in [0.25, 0.3) is 0 Å². The van der Waals surface area contributed by atoms with Crippen molar-refractivity contribution in [1.29, 1.82) is 0 Å². The zero-order chi connectivity index (χ0) is 12.4. The third-order valence-corrected chi connectivity index (χ3v) is 4.79. The molecule has 0 radical (unpaired) electrons. The molecule has 96 valence electrons. The highest BCUT2D eigenvalue weighted by Gasteiger charge is 2.22. The van der Waals surface area contributed by atoms with Gasteiger partial charge in [0.1, 0.15) is 0 Å². The fourth-order valence-electron chi connectivity index (χ4n) is 2.54. The second kappa shape index (κ2) is 5.33. The zero-order valence-electron chi connectivity index (χ0n) is 10.7. The average molecular weight is 261 g/mol. The number of rotatable bonds is 2. The van der Waals surface area contributed by atoms with E-state index in [-0.39, 0.29) is 0 Å². The van der Waals surface area contributed by atoms with E-state index < -0.39 is 0 Å². The van der Waals surface area contributed by atoms with Gasteiger partial charge in [0.05, 0.1) is 6.54 Å². The number of likely N-dealkylation sites (tertiary alicyclic amines) is 1. The Hall–Kier alpha value is -1.00. The van der Waals surface area contributed by atoms with E-state index in [1.807, 2.05) is 11.8 Å². The number of nitrogens with one attached hydrogen (secondary N) is 1. The van der Waals surface area contributed by atoms with Crippen LogP contribution in [0.4, 0.5) is 5.69 Å². The van der Waals surface area contributed by atoms with E-state index >= 15 is 0 Å². The Morgan fingerprint density at radius 3 is 3.17 bits per heavy atom. The Morgan fingerprint density at radius 1 is 1.44 bits per heavy atom. The lowest BCUT2D eigenvalue weighted by molar-refractivity contribution is 0.335. The van der Waals surface area contributed by atoms with Crippen LogP contribution in [0.2, 0.25) is 0 Å². The van der Waals surface area contributed by atoms with Gasteiger partial charge in [-0.15, -0.1) is 0 Å². The molecule has 1 aromatic carbocycles. The third-order valence-electron chi connectivity index (χ3n) is 3.74. The minimum absolute atomic E-state index is 0.719. The van der Waals surface area contributed by atoms with E-state index in [1.54, 1.807) is 0 Å². The number of fused-ring (bicyclic) bond motifs is 1. The second-order valence-corrected chi connectivity index (χ2v) is 6.00. The van der Waals surface area contributed by atoms with Crippen LogP contribution in [-0.4, -0.2) is 35.5 Å². The lowest BCUT2D eigenvalue weighted by Gasteiger charge is -2.21. The molecule has 1 N–H and O–H groups in total. The van der Waals surface area contributed by atoms with Crippen molar-refractivity contribution in [2.75, 3.05) is 24.7 Å². The molecule has 18 heavy (non-hydrogen) atoms. The van der Waals surface area contributed by atoms with Gasteiger partial charge in [0.15, 0.2) is 5.17 Å². The number of amidine groups is 1. The van der Waals surface area contributed by atoms with Gasteiger partial charge >= 0.3 is 0 Å². The van der Waals surface area contributed by atoms with Gasteiger partial charge in [-0.25, -0.2) is 0 Å². The van der Waals surface area contributed by atoms with Crippen LogP contribution in [-0.2, 0) is 6.54 Å². The molecule has 0 aromatic heterocycles. The molecule has 1 aromatic rings. The monoisotopic (exact) mass is 261 g/mol. The second-order valence-electron chi connectivity index (χ2n) is 4.99. The summed E-state index contributed by atoms with van der Waals surface area (Å²) in [6.07, 6.45) is 2.66. The van der Waals surface area contributed by atoms with Crippen molar-refractivity contribution in [3.63, 3.8) is 0 Å². The van der Waals surface area contributed by atoms with Crippen molar-refractivity contribution in [2.24, 2.45) is 4.99 Å². The van der Waals surface area contributed by atoms with Crippen LogP contribution in [0.5, 0.6) is 0 Å². The van der Waals surface area contributed by atoms with Gasteiger partial charge in [0.2, 0.25) is 0 Å². The van der Waals surface area contributed by atoms with Crippen molar-refractivity contribution < 1.29 is 0 Å². The molecule has 0 saturated carbocycles. The topological polar surface area (TPSA) is 27.6 Å². The molecule has 2 aliphatic heterocycles. The Bertz CT molecular complexity index is 458. The van der Waals surface area contributed by atoms with Crippen molar-refractivity contribution >= 4 is 22.6 Å². The van der Waals surface area contributed by atoms with Gasteiger partial charge in [-0.2, -0.15) is 0 Å². The van der Waals surface area contributed by atoms with E-state index in [0.29, 0.717) is 0 Å². The number of hydrogen-bond acceptors (Lipinski definition) is 4. The summed E-state index contributed by atoms with van der Waals surface area (Å²) in [5.41, 5.74) is 2.51. The summed E-state index contributed by atoms with van der Waals surface area (Å²) in [6, 6.07) is 9.13. The highest BCUT2D eigenvalue weighted by atomic mass is 32.2. The summed E-state index contributed by atoms with van der Waals surface area (Å²) >= 11 is 1.86. The minimum atomic E-state index is 0.719. The molecule has 0 amide bonds. The molecule has 0 bridgehead atoms. The molecule has 0 aliphatic carbocycles. The highest BCUT2D eigenvalue weighted by molar-refractivity contribution is 8.14. The maximum Gasteiger partial charge on any atom is 0.161 e. The Morgan fingerprint density at radius 2 is 2.33 bits per heavy atom. The summed E-state index contributed by atoms with van der Waals surface area (Å²) in [5, 5.41) is 4.51. The number of thioether (sulfide) groups is 1. The van der Waals surface area contributed by atoms with Crippen molar-refractivity contribution in [3.8, 4) is 0 Å². The Labute approximate surface area is 113 Å². The average Bonchev–Trinajstić information content (AvgIpc) is 2.82. The molecule has 4 heteroatoms. The van der Waals surface area contributed by atoms with E-state index in [2.05, 4.69) is 46.5 Å². The van der Waals surface area contributed by atoms with Crippen molar-refractivity contribution in [1.82, 2.24) is 4.90 Å². The molecule has 3 nitrogen and oxygen atoms in total. The summed E-state index contributed by atoms with van der Waals surface area (Å²) < 4.78 is 0. The summed E-state index contributed by atoms with van der Waals surface area (Å²) in [4.78, 5) is 7.07. The highest BCUT2D eigenvalue weighted by Crippen LogP contribution is 2.25. The summed E-state index contributed by atoms with van der Waals surface area (Å²) in [5.74, 6) is 1.14. The molecule has 1 saturated heterocycles. The van der Waals surface area contributed by atoms with Gasteiger partial charge in [0, 0.05) is 17.5 Å². The largest absolute Gasteiger partial charge is 0.335 e. The molecule has 3 rings (SSSR count). The first-order chi connectivity index (χ1) is 8.83. The van der Waals surface area contributed by atoms with Gasteiger partial charge < -0.3 is 10.2 Å². The minimum Gasteiger partial charge on any atom is -0.335 e. The van der Waals surface area contributed by atoms with E-state index in [1.165, 1.54) is 30.6 Å². The van der Waals surface area contributed by atoms with Gasteiger partial charge in [-0.05, 0) is 38.1 Å². The first kappa shape index (κ1) is 12.1. The van der Waals surface area contributed by atoms with Gasteiger partial charge in [-0.3, -0.25) is 4.99 Å². The van der Waals surface area contributed by atoms with Crippen molar-refractivity contribution in [2.45, 2.75) is 25.4 Å². The number of para-hydroxylation sites is 1. The van der Waals surface area contributed by atoms with Gasteiger partial charge in [-0.1, -0.05) is 30.0 Å². The molecule has 0 spiro atoms. The zero-order valence-corrected chi connectivity index (χ0v) is 11.5. The molecular formula is C14H19N3S. The van der Waals surface area contributed by atoms with E-state index in [9.17, 15) is 0 Å². The quantitative estimate of drug-likeness (QED) is 0.887. The van der Waals surface area contributed by atoms with Crippen LogP contribution in [0.1, 0.15) is 18.4 Å². The van der Waals surface area contributed by atoms with Crippen LogP contribution in [0.15, 0.2) is 29.3 Å². The molecule has 1 atom stereocenters. The number of benzene rings is 1. The lowest BCUT2D eigenvalue weighted by atomic mass is 10.1. The SMILES string of the molecule is CN1CCCC1CSC1=NCc2ccccc2N1. The van der Waals surface area contributed by atoms with Crippen LogP contribution < -0.4 is 5.32 Å². The van der Waals surface area contributed by atoms with E-state index in [4.69, 9.17) is 0 Å². The smallest absolute Gasteiger partial charge is 0.161 e. The number of hydrogen-bond donors (Lipinski definition) is 1. The first-order valence-corrected chi connectivity index (χ1v) is 7.54.